The van der Waals surface area contributed by atoms with Crippen LogP contribution >= 0.6 is 0 Å². The predicted molar refractivity (Wildman–Crippen MR) is 75.8 cm³/mol. The molecule has 1 aromatic rings. The minimum atomic E-state index is -0.259. The van der Waals surface area contributed by atoms with Crippen molar-refractivity contribution in [3.05, 3.63) is 11.4 Å². The maximum absolute atomic E-state index is 9.79. The molecule has 1 heterocycles. The van der Waals surface area contributed by atoms with Gasteiger partial charge in [-0.25, -0.2) is 15.8 Å². The van der Waals surface area contributed by atoms with Gasteiger partial charge in [0.2, 0.25) is 0 Å². The van der Waals surface area contributed by atoms with Gasteiger partial charge in [0, 0.05) is 23.4 Å². The molecule has 5 N–H and O–H groups in total. The van der Waals surface area contributed by atoms with Crippen LogP contribution in [0.5, 0.6) is 0 Å². The lowest BCUT2D eigenvalue weighted by Crippen LogP contribution is -2.57. The molecule has 0 radical (unpaired) electrons. The van der Waals surface area contributed by atoms with Crippen molar-refractivity contribution in [1.82, 2.24) is 9.97 Å². The summed E-state index contributed by atoms with van der Waals surface area (Å²) in [5.74, 6) is 7.68. The van der Waals surface area contributed by atoms with Crippen LogP contribution in [-0.2, 0) is 6.42 Å². The zero-order valence-electron chi connectivity index (χ0n) is 12.0. The molecule has 1 aromatic heterocycles. The summed E-state index contributed by atoms with van der Waals surface area (Å²) < 4.78 is 0. The smallest absolute Gasteiger partial charge is 0.148 e. The highest BCUT2D eigenvalue weighted by Gasteiger charge is 2.47. The van der Waals surface area contributed by atoms with Gasteiger partial charge in [0.1, 0.15) is 17.5 Å². The number of nitrogen functional groups attached to an aromatic ring is 1. The SMILES string of the molecule is CCc1nc(NN)c(C)c(NC2CC(O)C2(C)C)n1. The average molecular weight is 265 g/mol. The van der Waals surface area contributed by atoms with E-state index in [2.05, 4.69) is 34.6 Å². The number of hydrazine groups is 1. The van der Waals surface area contributed by atoms with Gasteiger partial charge in [0.05, 0.1) is 6.10 Å². The third kappa shape index (κ3) is 2.37. The number of hydrogen-bond acceptors (Lipinski definition) is 6. The van der Waals surface area contributed by atoms with E-state index in [1.807, 2.05) is 13.8 Å². The van der Waals surface area contributed by atoms with Gasteiger partial charge in [0.25, 0.3) is 0 Å². The van der Waals surface area contributed by atoms with Crippen molar-refractivity contribution in [2.24, 2.45) is 11.3 Å². The second-order valence-corrected chi connectivity index (χ2v) is 5.73. The van der Waals surface area contributed by atoms with E-state index in [0.717, 1.165) is 30.0 Å². The first kappa shape index (κ1) is 14.0. The predicted octanol–water partition coefficient (Wildman–Crippen LogP) is 1.20. The fourth-order valence-electron chi connectivity index (χ4n) is 2.31. The molecule has 106 valence electrons. The molecule has 1 aliphatic rings. The lowest BCUT2D eigenvalue weighted by atomic mass is 9.64. The van der Waals surface area contributed by atoms with Crippen molar-refractivity contribution in [3.63, 3.8) is 0 Å². The molecule has 2 atom stereocenters. The lowest BCUT2D eigenvalue weighted by Gasteiger charge is -2.49. The molecule has 1 aliphatic carbocycles. The molecular formula is C13H23N5O. The fourth-order valence-corrected chi connectivity index (χ4v) is 2.31. The highest BCUT2D eigenvalue weighted by atomic mass is 16.3. The number of aliphatic hydroxyl groups excluding tert-OH is 1. The quantitative estimate of drug-likeness (QED) is 0.482. The minimum absolute atomic E-state index is 0.139. The summed E-state index contributed by atoms with van der Waals surface area (Å²) >= 11 is 0. The van der Waals surface area contributed by atoms with Crippen molar-refractivity contribution < 1.29 is 5.11 Å². The minimum Gasteiger partial charge on any atom is -0.392 e. The maximum atomic E-state index is 9.79. The second-order valence-electron chi connectivity index (χ2n) is 5.73. The second kappa shape index (κ2) is 4.94. The number of nitrogens with zero attached hydrogens (tertiary/aromatic N) is 2. The van der Waals surface area contributed by atoms with Crippen LogP contribution in [-0.4, -0.2) is 27.2 Å². The van der Waals surface area contributed by atoms with E-state index in [1.54, 1.807) is 0 Å². The van der Waals surface area contributed by atoms with Crippen LogP contribution in [0, 0.1) is 12.3 Å². The van der Waals surface area contributed by atoms with Crippen LogP contribution in [0.15, 0.2) is 0 Å². The molecule has 0 amide bonds. The van der Waals surface area contributed by atoms with Crippen molar-refractivity contribution in [2.45, 2.75) is 52.7 Å². The third-order valence-electron chi connectivity index (χ3n) is 4.17. The first-order valence-electron chi connectivity index (χ1n) is 6.68. The first-order chi connectivity index (χ1) is 8.90. The van der Waals surface area contributed by atoms with Gasteiger partial charge in [-0.3, -0.25) is 0 Å². The molecule has 2 rings (SSSR count). The van der Waals surface area contributed by atoms with Gasteiger partial charge in [-0.1, -0.05) is 20.8 Å². The van der Waals surface area contributed by atoms with Crippen LogP contribution < -0.4 is 16.6 Å². The van der Waals surface area contributed by atoms with E-state index in [1.165, 1.54) is 0 Å². The monoisotopic (exact) mass is 265 g/mol. The molecule has 1 fully saturated rings. The fraction of sp³-hybridized carbons (Fsp3) is 0.692. The molecule has 19 heavy (non-hydrogen) atoms. The molecule has 0 saturated heterocycles. The number of aliphatic hydroxyl groups is 1. The third-order valence-corrected chi connectivity index (χ3v) is 4.17. The Morgan fingerprint density at radius 1 is 1.37 bits per heavy atom. The highest BCUT2D eigenvalue weighted by Crippen LogP contribution is 2.42. The molecule has 0 bridgehead atoms. The molecule has 2 unspecified atom stereocenters. The van der Waals surface area contributed by atoms with E-state index in [4.69, 9.17) is 5.84 Å². The molecule has 6 heteroatoms. The van der Waals surface area contributed by atoms with Crippen LogP contribution in [0.3, 0.4) is 0 Å². The van der Waals surface area contributed by atoms with Gasteiger partial charge in [-0.15, -0.1) is 0 Å². The summed E-state index contributed by atoms with van der Waals surface area (Å²) in [6.45, 7) is 8.04. The Morgan fingerprint density at radius 3 is 2.47 bits per heavy atom. The Balaban J connectivity index is 2.25. The zero-order valence-corrected chi connectivity index (χ0v) is 12.0. The summed E-state index contributed by atoms with van der Waals surface area (Å²) in [4.78, 5) is 8.85. The summed E-state index contributed by atoms with van der Waals surface area (Å²) in [6, 6.07) is 0.214. The van der Waals surface area contributed by atoms with Crippen molar-refractivity contribution in [3.8, 4) is 0 Å². The van der Waals surface area contributed by atoms with Crippen LogP contribution in [0.2, 0.25) is 0 Å². The van der Waals surface area contributed by atoms with E-state index in [0.29, 0.717) is 5.82 Å². The number of nitrogens with two attached hydrogens (primary N) is 1. The van der Waals surface area contributed by atoms with Gasteiger partial charge >= 0.3 is 0 Å². The van der Waals surface area contributed by atoms with Gasteiger partial charge in [-0.2, -0.15) is 0 Å². The number of anilines is 2. The number of rotatable bonds is 4. The Hall–Kier alpha value is -1.40. The van der Waals surface area contributed by atoms with Gasteiger partial charge in [-0.05, 0) is 13.3 Å². The Morgan fingerprint density at radius 2 is 2.00 bits per heavy atom. The largest absolute Gasteiger partial charge is 0.392 e. The standard InChI is InChI=1S/C13H23N5O/c1-5-10-16-11(7(2)12(17-10)18-14)15-8-6-9(19)13(8,3)4/h8-9,19H,5-6,14H2,1-4H3,(H2,15,16,17,18). The van der Waals surface area contributed by atoms with Crippen LogP contribution in [0.1, 0.15) is 38.6 Å². The number of nitrogens with one attached hydrogen (secondary N) is 2. The summed E-state index contributed by atoms with van der Waals surface area (Å²) in [5.41, 5.74) is 3.37. The van der Waals surface area contributed by atoms with Crippen LogP contribution in [0.4, 0.5) is 11.6 Å². The molecule has 6 nitrogen and oxygen atoms in total. The van der Waals surface area contributed by atoms with E-state index in [-0.39, 0.29) is 17.6 Å². The molecule has 0 aliphatic heterocycles. The first-order valence-corrected chi connectivity index (χ1v) is 6.68. The summed E-state index contributed by atoms with van der Waals surface area (Å²) in [7, 11) is 0. The molecule has 1 saturated carbocycles. The Kier molecular flexibility index (Phi) is 3.64. The topological polar surface area (TPSA) is 96.1 Å². The van der Waals surface area contributed by atoms with Crippen molar-refractivity contribution in [1.29, 1.82) is 0 Å². The average Bonchev–Trinajstić information content (AvgIpc) is 2.40. The summed E-state index contributed by atoms with van der Waals surface area (Å²) in [6.07, 6.45) is 1.23. The van der Waals surface area contributed by atoms with Crippen molar-refractivity contribution >= 4 is 11.6 Å². The Labute approximate surface area is 113 Å². The van der Waals surface area contributed by atoms with E-state index < -0.39 is 0 Å². The van der Waals surface area contributed by atoms with Crippen LogP contribution in [0.25, 0.3) is 0 Å². The van der Waals surface area contributed by atoms with Gasteiger partial charge < -0.3 is 15.8 Å². The Bertz CT molecular complexity index is 474. The highest BCUT2D eigenvalue weighted by molar-refractivity contribution is 5.57. The van der Waals surface area contributed by atoms with Crippen molar-refractivity contribution in [2.75, 3.05) is 10.7 Å². The molecule has 0 spiro atoms. The summed E-state index contributed by atoms with van der Waals surface area (Å²) in [5, 5.41) is 13.2. The molecular weight excluding hydrogens is 242 g/mol. The maximum Gasteiger partial charge on any atom is 0.148 e. The normalized spacial score (nSPS) is 24.7. The number of aryl methyl sites for hydroxylation is 1. The lowest BCUT2D eigenvalue weighted by molar-refractivity contribution is -0.0511. The molecule has 0 aromatic carbocycles. The number of aromatic nitrogens is 2. The number of hydrogen-bond donors (Lipinski definition) is 4. The van der Waals surface area contributed by atoms with E-state index >= 15 is 0 Å². The van der Waals surface area contributed by atoms with E-state index in [9.17, 15) is 5.11 Å². The van der Waals surface area contributed by atoms with Gasteiger partial charge in [0.15, 0.2) is 0 Å². The zero-order chi connectivity index (χ0) is 14.2.